The molecule has 1 aliphatic rings. The zero-order valence-corrected chi connectivity index (χ0v) is 29.0. The zero-order valence-electron chi connectivity index (χ0n) is 29.0. The molecule has 1 aliphatic heterocycles. The highest BCUT2D eigenvalue weighted by atomic mass is 19.1. The third-order valence-electron chi connectivity index (χ3n) is 7.76. The molecule has 2 atom stereocenters. The van der Waals surface area contributed by atoms with Crippen molar-refractivity contribution < 1.29 is 28.2 Å². The molecular weight excluding hydrogens is 595 g/mol. The lowest BCUT2D eigenvalue weighted by Gasteiger charge is -2.22. The fraction of sp³-hybridized carbons (Fsp3) is 0.436. The standard InChI is InChI=1S/C39H49FN2O5/c1-26(41-37(44)47-39(5,6)7)32-15-11-16-33(36(32)40)30-22-27(18-19-31-14-12-20-42(31)8)21-28(23-30)25-45-34-17-10-9-13-29(34)24-35(43)46-38(2,3)4/h9-11,13,15-19,21-23,26,31H,12,14,20,24-25H2,1-8H3,(H,41,44)/b19-18+. The van der Waals surface area contributed by atoms with Gasteiger partial charge in [0.15, 0.2) is 0 Å². The van der Waals surface area contributed by atoms with Crippen molar-refractivity contribution in [2.24, 2.45) is 0 Å². The lowest BCUT2D eigenvalue weighted by Crippen LogP contribution is -2.34. The van der Waals surface area contributed by atoms with Gasteiger partial charge < -0.3 is 19.5 Å². The van der Waals surface area contributed by atoms with E-state index in [-0.39, 0.29) is 19.0 Å². The van der Waals surface area contributed by atoms with Crippen LogP contribution in [0.3, 0.4) is 0 Å². The second-order valence-electron chi connectivity index (χ2n) is 14.2. The second-order valence-corrected chi connectivity index (χ2v) is 14.2. The van der Waals surface area contributed by atoms with Crippen molar-refractivity contribution in [3.8, 4) is 16.9 Å². The Hall–Kier alpha value is -4.17. The van der Waals surface area contributed by atoms with Crippen molar-refractivity contribution >= 4 is 18.1 Å². The Bertz CT molecular complexity index is 1590. The molecule has 8 heteroatoms. The molecule has 0 aliphatic carbocycles. The Morgan fingerprint density at radius 2 is 1.72 bits per heavy atom. The Labute approximate surface area is 279 Å². The summed E-state index contributed by atoms with van der Waals surface area (Å²) in [5, 5.41) is 2.75. The molecule has 0 bridgehead atoms. The molecule has 2 unspecified atom stereocenters. The summed E-state index contributed by atoms with van der Waals surface area (Å²) in [5.74, 6) is -0.156. The van der Waals surface area contributed by atoms with Crippen LogP contribution in [0.4, 0.5) is 9.18 Å². The minimum Gasteiger partial charge on any atom is -0.489 e. The Morgan fingerprint density at radius 3 is 2.40 bits per heavy atom. The third kappa shape index (κ3) is 10.7. The van der Waals surface area contributed by atoms with E-state index in [0.717, 1.165) is 36.1 Å². The first kappa shape index (κ1) is 35.7. The Balaban J connectivity index is 1.63. The van der Waals surface area contributed by atoms with Crippen LogP contribution in [0.5, 0.6) is 5.75 Å². The molecule has 0 spiro atoms. The first-order chi connectivity index (χ1) is 22.1. The van der Waals surface area contributed by atoms with Crippen molar-refractivity contribution in [1.82, 2.24) is 10.2 Å². The van der Waals surface area contributed by atoms with Crippen LogP contribution in [0.2, 0.25) is 0 Å². The smallest absolute Gasteiger partial charge is 0.408 e. The number of nitrogens with one attached hydrogen (secondary N) is 1. The number of rotatable bonds is 10. The number of likely N-dealkylation sites (N-methyl/N-ethyl adjacent to an activating group) is 1. The summed E-state index contributed by atoms with van der Waals surface area (Å²) in [6.07, 6.45) is 6.02. The molecular formula is C39H49FN2O5. The molecule has 1 heterocycles. The van der Waals surface area contributed by atoms with Crippen LogP contribution in [0.25, 0.3) is 17.2 Å². The summed E-state index contributed by atoms with van der Waals surface area (Å²) in [7, 11) is 2.12. The van der Waals surface area contributed by atoms with Gasteiger partial charge in [-0.3, -0.25) is 9.69 Å². The summed E-state index contributed by atoms with van der Waals surface area (Å²) in [6, 6.07) is 18.3. The van der Waals surface area contributed by atoms with Gasteiger partial charge in [-0.15, -0.1) is 0 Å². The normalized spacial score (nSPS) is 16.2. The first-order valence-corrected chi connectivity index (χ1v) is 16.3. The largest absolute Gasteiger partial charge is 0.489 e. The number of carbonyl (C=O) groups excluding carboxylic acids is 2. The van der Waals surface area contributed by atoms with E-state index in [1.807, 2.05) is 63.2 Å². The highest BCUT2D eigenvalue weighted by molar-refractivity contribution is 5.74. The van der Waals surface area contributed by atoms with E-state index < -0.39 is 29.2 Å². The van der Waals surface area contributed by atoms with Gasteiger partial charge in [-0.05, 0) is 116 Å². The molecule has 252 valence electrons. The zero-order chi connectivity index (χ0) is 34.4. The molecule has 1 saturated heterocycles. The van der Waals surface area contributed by atoms with Gasteiger partial charge in [-0.1, -0.05) is 48.6 Å². The van der Waals surface area contributed by atoms with E-state index in [2.05, 4.69) is 29.4 Å². The van der Waals surface area contributed by atoms with Gasteiger partial charge in [-0.2, -0.15) is 0 Å². The summed E-state index contributed by atoms with van der Waals surface area (Å²) in [5.41, 5.74) is 2.72. The van der Waals surface area contributed by atoms with Gasteiger partial charge in [0.2, 0.25) is 0 Å². The molecule has 3 aromatic carbocycles. The maximum Gasteiger partial charge on any atom is 0.408 e. The van der Waals surface area contributed by atoms with Gasteiger partial charge in [0, 0.05) is 22.7 Å². The summed E-state index contributed by atoms with van der Waals surface area (Å²) in [6.45, 7) is 13.9. The van der Waals surface area contributed by atoms with Crippen LogP contribution in [0, 0.1) is 5.82 Å². The number of esters is 1. The summed E-state index contributed by atoms with van der Waals surface area (Å²) in [4.78, 5) is 27.3. The predicted octanol–water partition coefficient (Wildman–Crippen LogP) is 8.65. The lowest BCUT2D eigenvalue weighted by molar-refractivity contribution is -0.153. The average molecular weight is 645 g/mol. The highest BCUT2D eigenvalue weighted by Gasteiger charge is 2.22. The Morgan fingerprint density at radius 1 is 1.00 bits per heavy atom. The molecule has 1 amide bonds. The number of nitrogens with zero attached hydrogens (tertiary/aromatic N) is 1. The van der Waals surface area contributed by atoms with Gasteiger partial charge in [0.25, 0.3) is 0 Å². The maximum absolute atomic E-state index is 16.2. The number of carbonyl (C=O) groups is 2. The van der Waals surface area contributed by atoms with E-state index in [4.69, 9.17) is 14.2 Å². The third-order valence-corrected chi connectivity index (χ3v) is 7.76. The van der Waals surface area contributed by atoms with Crippen LogP contribution >= 0.6 is 0 Å². The van der Waals surface area contributed by atoms with Crippen molar-refractivity contribution in [2.75, 3.05) is 13.6 Å². The fourth-order valence-electron chi connectivity index (χ4n) is 5.61. The fourth-order valence-corrected chi connectivity index (χ4v) is 5.61. The van der Waals surface area contributed by atoms with E-state index in [1.165, 1.54) is 0 Å². The summed E-state index contributed by atoms with van der Waals surface area (Å²) < 4.78 is 33.4. The van der Waals surface area contributed by atoms with Crippen LogP contribution in [-0.4, -0.2) is 47.8 Å². The number of ether oxygens (including phenoxy) is 3. The minimum atomic E-state index is -0.666. The van der Waals surface area contributed by atoms with Gasteiger partial charge in [0.1, 0.15) is 29.4 Å². The topological polar surface area (TPSA) is 77.1 Å². The van der Waals surface area contributed by atoms with Gasteiger partial charge in [0.05, 0.1) is 12.5 Å². The van der Waals surface area contributed by atoms with Crippen molar-refractivity contribution in [3.63, 3.8) is 0 Å². The number of likely N-dealkylation sites (tertiary alicyclic amines) is 1. The van der Waals surface area contributed by atoms with Crippen LogP contribution < -0.4 is 10.1 Å². The highest BCUT2D eigenvalue weighted by Crippen LogP contribution is 2.31. The van der Waals surface area contributed by atoms with Gasteiger partial charge >= 0.3 is 12.1 Å². The molecule has 4 rings (SSSR count). The number of para-hydroxylation sites is 1. The maximum atomic E-state index is 16.2. The van der Waals surface area contributed by atoms with E-state index >= 15 is 4.39 Å². The minimum absolute atomic E-state index is 0.0872. The van der Waals surface area contributed by atoms with E-state index in [0.29, 0.717) is 28.5 Å². The lowest BCUT2D eigenvalue weighted by atomic mass is 9.95. The van der Waals surface area contributed by atoms with E-state index in [1.54, 1.807) is 45.9 Å². The number of hydrogen-bond donors (Lipinski definition) is 1. The van der Waals surface area contributed by atoms with Crippen LogP contribution in [0.15, 0.2) is 66.7 Å². The van der Waals surface area contributed by atoms with Crippen molar-refractivity contribution in [3.05, 3.63) is 94.8 Å². The Kier molecular flexibility index (Phi) is 11.5. The van der Waals surface area contributed by atoms with Crippen LogP contribution in [-0.2, 0) is 27.3 Å². The molecule has 0 aromatic heterocycles. The van der Waals surface area contributed by atoms with Gasteiger partial charge in [-0.25, -0.2) is 9.18 Å². The molecule has 47 heavy (non-hydrogen) atoms. The molecule has 7 nitrogen and oxygen atoms in total. The number of benzene rings is 3. The second kappa shape index (κ2) is 15.2. The predicted molar refractivity (Wildman–Crippen MR) is 185 cm³/mol. The molecule has 3 aromatic rings. The van der Waals surface area contributed by atoms with Crippen molar-refractivity contribution in [1.29, 1.82) is 0 Å². The van der Waals surface area contributed by atoms with Crippen molar-refractivity contribution in [2.45, 2.75) is 97.6 Å². The summed E-state index contributed by atoms with van der Waals surface area (Å²) >= 11 is 0. The average Bonchev–Trinajstić information content (AvgIpc) is 3.38. The quantitative estimate of drug-likeness (QED) is 0.223. The number of alkyl carbamates (subject to hydrolysis) is 1. The number of halogens is 1. The number of amides is 1. The van der Waals surface area contributed by atoms with Crippen LogP contribution in [0.1, 0.15) is 89.6 Å². The molecule has 0 radical (unpaired) electrons. The molecule has 1 N–H and O–H groups in total. The first-order valence-electron chi connectivity index (χ1n) is 16.3. The number of hydrogen-bond acceptors (Lipinski definition) is 6. The molecule has 0 saturated carbocycles. The van der Waals surface area contributed by atoms with E-state index in [9.17, 15) is 9.59 Å². The SMILES string of the molecule is CC(NC(=O)OC(C)(C)C)c1cccc(-c2cc(/C=C/C3CCCN3C)cc(COc3ccccc3CC(=O)OC(C)(C)C)c2)c1F. The monoisotopic (exact) mass is 644 g/mol. The molecule has 1 fully saturated rings.